The first kappa shape index (κ1) is 39.5. The summed E-state index contributed by atoms with van der Waals surface area (Å²) in [5.41, 5.74) is 2.00. The highest BCUT2D eigenvalue weighted by atomic mass is 16.6. The normalized spacial score (nSPS) is 14.0. The van der Waals surface area contributed by atoms with Crippen LogP contribution in [-0.2, 0) is 11.2 Å². The molecule has 1 aliphatic heterocycles. The number of benzene rings is 7. The van der Waals surface area contributed by atoms with E-state index in [0.717, 1.165) is 0 Å². The number of carbonyl (C=O) groups excluding carboxylic acids is 5. The topological polar surface area (TPSA) is 141 Å². The van der Waals surface area contributed by atoms with Gasteiger partial charge in [0, 0.05) is 29.7 Å². The van der Waals surface area contributed by atoms with Gasteiger partial charge in [0.05, 0.1) is 27.8 Å². The van der Waals surface area contributed by atoms with E-state index in [1.807, 2.05) is 0 Å². The molecule has 0 spiro atoms. The summed E-state index contributed by atoms with van der Waals surface area (Å²) in [6.07, 6.45) is -2.24. The van der Waals surface area contributed by atoms with Gasteiger partial charge in [-0.3, -0.25) is 0 Å². The second-order valence-electron chi connectivity index (χ2n) is 13.7. The summed E-state index contributed by atoms with van der Waals surface area (Å²) in [5.74, 6) is -3.50. The molecular weight excluding hydrogens is 777 g/mol. The van der Waals surface area contributed by atoms with E-state index in [-0.39, 0.29) is 63.0 Å². The summed E-state index contributed by atoms with van der Waals surface area (Å²) < 4.78 is 36.2. The lowest BCUT2D eigenvalue weighted by Gasteiger charge is -2.34. The molecule has 0 aromatic heterocycles. The monoisotopic (exact) mass is 810 g/mol. The van der Waals surface area contributed by atoms with Crippen LogP contribution < -0.4 is 23.7 Å². The zero-order valence-electron chi connectivity index (χ0n) is 32.2. The van der Waals surface area contributed by atoms with Gasteiger partial charge in [0.1, 0.15) is 23.4 Å². The van der Waals surface area contributed by atoms with Gasteiger partial charge >= 0.3 is 29.8 Å². The summed E-state index contributed by atoms with van der Waals surface area (Å²) in [5, 5.41) is 0. The van der Waals surface area contributed by atoms with E-state index in [2.05, 4.69) is 0 Å². The van der Waals surface area contributed by atoms with Crippen molar-refractivity contribution in [1.82, 2.24) is 0 Å². The van der Waals surface area contributed by atoms with Gasteiger partial charge in [-0.05, 0) is 72.8 Å². The zero-order chi connectivity index (χ0) is 42.1. The Balaban J connectivity index is 1.21. The average molecular weight is 811 g/mol. The highest BCUT2D eigenvalue weighted by molar-refractivity contribution is 5.94. The van der Waals surface area contributed by atoms with Gasteiger partial charge in [-0.15, -0.1) is 0 Å². The fraction of sp³-hybridized carbons (Fsp3) is 0.0600. The molecule has 1 heterocycles. The highest BCUT2D eigenvalue weighted by Crippen LogP contribution is 2.45. The SMILES string of the molecule is O=C(Oc1cc(OC(=O)c2ccccc2)c2c(c1)OC(c1ccc(OC(=O)c3ccccc3)c(OC(=O)c3ccccc3)c1)[C@@H](OC(=O)c1ccccc1)C2)c1ccccc1. The summed E-state index contributed by atoms with van der Waals surface area (Å²) in [6.45, 7) is 0. The van der Waals surface area contributed by atoms with Crippen molar-refractivity contribution in [2.75, 3.05) is 0 Å². The second kappa shape index (κ2) is 18.1. The van der Waals surface area contributed by atoms with Crippen molar-refractivity contribution in [3.8, 4) is 28.7 Å². The summed E-state index contributed by atoms with van der Waals surface area (Å²) in [6, 6.07) is 49.0. The maximum Gasteiger partial charge on any atom is 0.343 e. The van der Waals surface area contributed by atoms with Crippen LogP contribution in [0.3, 0.4) is 0 Å². The van der Waals surface area contributed by atoms with Crippen molar-refractivity contribution >= 4 is 29.8 Å². The first-order chi connectivity index (χ1) is 29.8. The summed E-state index contributed by atoms with van der Waals surface area (Å²) >= 11 is 0. The maximum atomic E-state index is 13.7. The molecule has 300 valence electrons. The van der Waals surface area contributed by atoms with Crippen LogP contribution >= 0.6 is 0 Å². The Morgan fingerprint density at radius 3 is 1.30 bits per heavy atom. The zero-order valence-corrected chi connectivity index (χ0v) is 32.2. The van der Waals surface area contributed by atoms with E-state index in [4.69, 9.17) is 28.4 Å². The van der Waals surface area contributed by atoms with E-state index in [1.165, 1.54) is 24.3 Å². The summed E-state index contributed by atoms with van der Waals surface area (Å²) in [7, 11) is 0. The van der Waals surface area contributed by atoms with E-state index >= 15 is 0 Å². The van der Waals surface area contributed by atoms with Crippen LogP contribution in [0.4, 0.5) is 0 Å². The van der Waals surface area contributed by atoms with Gasteiger partial charge in [-0.1, -0.05) is 97.1 Å². The van der Waals surface area contributed by atoms with Crippen molar-refractivity contribution < 1.29 is 52.4 Å². The standard InChI is InChI=1S/C50H34O11/c51-46(32-16-6-1-7-17-32)56-38-29-41-39(42(30-38)59-48(53)34-20-10-3-11-21-34)31-44(61-50(55)36-24-14-5-15-25-36)45(57-41)37-26-27-40(58-47(52)33-18-8-2-9-19-33)43(28-37)60-49(54)35-22-12-4-13-23-35/h1-30,44-45H,31H2/t44-,45?/m0/s1. The minimum atomic E-state index is -1.11. The second-order valence-corrected chi connectivity index (χ2v) is 13.7. The average Bonchev–Trinajstić information content (AvgIpc) is 3.31. The molecule has 0 bridgehead atoms. The van der Waals surface area contributed by atoms with Crippen LogP contribution in [0.2, 0.25) is 0 Å². The molecule has 7 aromatic rings. The molecular formula is C50H34O11. The number of hydrogen-bond acceptors (Lipinski definition) is 11. The van der Waals surface area contributed by atoms with E-state index in [0.29, 0.717) is 11.1 Å². The number of esters is 5. The van der Waals surface area contributed by atoms with E-state index < -0.39 is 42.1 Å². The van der Waals surface area contributed by atoms with Crippen molar-refractivity contribution in [2.24, 2.45) is 0 Å². The molecule has 0 saturated heterocycles. The predicted molar refractivity (Wildman–Crippen MR) is 221 cm³/mol. The first-order valence-electron chi connectivity index (χ1n) is 19.1. The third kappa shape index (κ3) is 9.37. The first-order valence-corrected chi connectivity index (χ1v) is 19.1. The van der Waals surface area contributed by atoms with Gasteiger partial charge in [0.2, 0.25) is 0 Å². The molecule has 0 saturated carbocycles. The molecule has 0 amide bonds. The Labute approximate surface area is 349 Å². The summed E-state index contributed by atoms with van der Waals surface area (Å²) in [4.78, 5) is 67.1. The molecule has 0 aliphatic carbocycles. The number of rotatable bonds is 11. The minimum Gasteiger partial charge on any atom is -0.481 e. The molecule has 0 radical (unpaired) electrons. The molecule has 8 rings (SSSR count). The Bertz CT molecular complexity index is 2700. The van der Waals surface area contributed by atoms with E-state index in [9.17, 15) is 24.0 Å². The van der Waals surface area contributed by atoms with Crippen molar-refractivity contribution in [3.05, 3.63) is 221 Å². The van der Waals surface area contributed by atoms with Gasteiger partial charge in [0.25, 0.3) is 0 Å². The van der Waals surface area contributed by atoms with Crippen LogP contribution in [-0.4, -0.2) is 36.0 Å². The fourth-order valence-corrected chi connectivity index (χ4v) is 6.54. The third-order valence-electron chi connectivity index (χ3n) is 9.56. The molecule has 61 heavy (non-hydrogen) atoms. The lowest BCUT2D eigenvalue weighted by atomic mass is 9.93. The van der Waals surface area contributed by atoms with Gasteiger partial charge in [-0.2, -0.15) is 0 Å². The van der Waals surface area contributed by atoms with Crippen LogP contribution in [0.15, 0.2) is 182 Å². The minimum absolute atomic E-state index is 0.00192. The fourth-order valence-electron chi connectivity index (χ4n) is 6.54. The Kier molecular flexibility index (Phi) is 11.7. The van der Waals surface area contributed by atoms with Crippen LogP contribution in [0.5, 0.6) is 28.7 Å². The largest absolute Gasteiger partial charge is 0.481 e. The quantitative estimate of drug-likeness (QED) is 0.0911. The molecule has 0 fully saturated rings. The molecule has 11 nitrogen and oxygen atoms in total. The molecule has 0 N–H and O–H groups in total. The Morgan fingerprint density at radius 1 is 0.410 bits per heavy atom. The number of fused-ring (bicyclic) bond motifs is 1. The van der Waals surface area contributed by atoms with Gasteiger partial charge in [0.15, 0.2) is 17.6 Å². The van der Waals surface area contributed by atoms with Crippen LogP contribution in [0.25, 0.3) is 0 Å². The van der Waals surface area contributed by atoms with E-state index in [1.54, 1.807) is 158 Å². The molecule has 2 atom stereocenters. The smallest absolute Gasteiger partial charge is 0.343 e. The number of ether oxygens (including phenoxy) is 6. The molecule has 1 aliphatic rings. The highest BCUT2D eigenvalue weighted by Gasteiger charge is 2.38. The predicted octanol–water partition coefficient (Wildman–Crippen LogP) is 9.47. The Morgan fingerprint density at radius 2 is 0.820 bits per heavy atom. The van der Waals surface area contributed by atoms with Crippen molar-refractivity contribution in [2.45, 2.75) is 18.6 Å². The number of hydrogen-bond donors (Lipinski definition) is 0. The van der Waals surface area contributed by atoms with Gasteiger partial charge < -0.3 is 28.4 Å². The third-order valence-corrected chi connectivity index (χ3v) is 9.56. The molecule has 7 aromatic carbocycles. The lowest BCUT2D eigenvalue weighted by Crippen LogP contribution is -2.35. The lowest BCUT2D eigenvalue weighted by molar-refractivity contribution is -0.0189. The maximum absolute atomic E-state index is 13.7. The van der Waals surface area contributed by atoms with Crippen molar-refractivity contribution in [1.29, 1.82) is 0 Å². The van der Waals surface area contributed by atoms with Crippen LogP contribution in [0, 0.1) is 0 Å². The van der Waals surface area contributed by atoms with Crippen LogP contribution in [0.1, 0.15) is 69.0 Å². The van der Waals surface area contributed by atoms with Crippen molar-refractivity contribution in [3.63, 3.8) is 0 Å². The Hall–Kier alpha value is -8.31. The molecule has 11 heteroatoms. The van der Waals surface area contributed by atoms with Gasteiger partial charge in [-0.25, -0.2) is 24.0 Å². The molecule has 1 unspecified atom stereocenters. The number of carbonyl (C=O) groups is 5.